The van der Waals surface area contributed by atoms with Crippen molar-refractivity contribution in [1.82, 2.24) is 4.98 Å². The van der Waals surface area contributed by atoms with Crippen LogP contribution >= 0.6 is 0 Å². The van der Waals surface area contributed by atoms with Crippen molar-refractivity contribution >= 4 is 17.3 Å². The third kappa shape index (κ3) is 3.28. The van der Waals surface area contributed by atoms with Gasteiger partial charge in [-0.05, 0) is 13.0 Å². The molecular formula is C10H15N5O4. The Morgan fingerprint density at radius 1 is 1.63 bits per heavy atom. The summed E-state index contributed by atoms with van der Waals surface area (Å²) >= 11 is 0. The largest absolute Gasteiger partial charge is 0.409 e. The number of oxime groups is 1. The Morgan fingerprint density at radius 2 is 2.32 bits per heavy atom. The maximum Gasteiger partial charge on any atom is 0.298 e. The van der Waals surface area contributed by atoms with Crippen LogP contribution in [0.15, 0.2) is 17.3 Å². The number of anilines is 1. The summed E-state index contributed by atoms with van der Waals surface area (Å²) in [5.41, 5.74) is 4.83. The van der Waals surface area contributed by atoms with Crippen molar-refractivity contribution in [1.29, 1.82) is 0 Å². The van der Waals surface area contributed by atoms with Crippen LogP contribution in [0.25, 0.3) is 0 Å². The standard InChI is InChI=1S/C10H15N5O4/c1-2-14(5-6-16)8-4-3-7(15(18)19)9(12-8)10(11)13-17/h3-4,16-17H,2,5-6H2,1H3,(H2,11,13). The second kappa shape index (κ2) is 6.50. The number of pyridine rings is 1. The van der Waals surface area contributed by atoms with Crippen molar-refractivity contribution in [2.24, 2.45) is 10.9 Å². The molecule has 0 spiro atoms. The summed E-state index contributed by atoms with van der Waals surface area (Å²) in [4.78, 5) is 15.9. The molecule has 104 valence electrons. The van der Waals surface area contributed by atoms with E-state index < -0.39 is 10.8 Å². The van der Waals surface area contributed by atoms with E-state index in [9.17, 15) is 10.1 Å². The molecule has 9 nitrogen and oxygen atoms in total. The van der Waals surface area contributed by atoms with Gasteiger partial charge < -0.3 is 20.9 Å². The Morgan fingerprint density at radius 3 is 2.79 bits per heavy atom. The zero-order valence-electron chi connectivity index (χ0n) is 10.4. The van der Waals surface area contributed by atoms with Crippen LogP contribution in [0.3, 0.4) is 0 Å². The Bertz CT molecular complexity index is 491. The highest BCUT2D eigenvalue weighted by Gasteiger charge is 2.21. The maximum atomic E-state index is 10.8. The first-order valence-corrected chi connectivity index (χ1v) is 5.54. The van der Waals surface area contributed by atoms with E-state index in [2.05, 4.69) is 10.1 Å². The summed E-state index contributed by atoms with van der Waals surface area (Å²) in [6.07, 6.45) is 0. The summed E-state index contributed by atoms with van der Waals surface area (Å²) < 4.78 is 0. The van der Waals surface area contributed by atoms with Crippen molar-refractivity contribution < 1.29 is 15.2 Å². The molecule has 0 saturated heterocycles. The van der Waals surface area contributed by atoms with E-state index in [1.54, 1.807) is 4.90 Å². The van der Waals surface area contributed by atoms with Crippen LogP contribution in [0.4, 0.5) is 11.5 Å². The van der Waals surface area contributed by atoms with Crippen LogP contribution in [0.2, 0.25) is 0 Å². The fourth-order valence-electron chi connectivity index (χ4n) is 1.56. The molecule has 0 aliphatic rings. The van der Waals surface area contributed by atoms with E-state index in [4.69, 9.17) is 16.0 Å². The summed E-state index contributed by atoms with van der Waals surface area (Å²) in [6.45, 7) is 2.66. The number of aromatic nitrogens is 1. The number of nitro groups is 1. The van der Waals surface area contributed by atoms with Gasteiger partial charge >= 0.3 is 0 Å². The van der Waals surface area contributed by atoms with Gasteiger partial charge in [0.25, 0.3) is 5.69 Å². The lowest BCUT2D eigenvalue weighted by Crippen LogP contribution is -2.28. The molecule has 19 heavy (non-hydrogen) atoms. The minimum atomic E-state index is -0.660. The lowest BCUT2D eigenvalue weighted by atomic mass is 10.2. The zero-order valence-corrected chi connectivity index (χ0v) is 10.4. The molecule has 0 radical (unpaired) electrons. The van der Waals surface area contributed by atoms with Gasteiger partial charge in [-0.15, -0.1) is 0 Å². The quantitative estimate of drug-likeness (QED) is 0.215. The summed E-state index contributed by atoms with van der Waals surface area (Å²) in [5, 5.41) is 31.1. The third-order valence-electron chi connectivity index (χ3n) is 2.48. The van der Waals surface area contributed by atoms with E-state index in [-0.39, 0.29) is 18.0 Å². The minimum Gasteiger partial charge on any atom is -0.409 e. The first-order valence-electron chi connectivity index (χ1n) is 5.54. The van der Waals surface area contributed by atoms with E-state index >= 15 is 0 Å². The molecule has 1 heterocycles. The number of likely N-dealkylation sites (N-methyl/N-ethyl adjacent to an activating group) is 1. The third-order valence-corrected chi connectivity index (χ3v) is 2.48. The number of rotatable bonds is 6. The van der Waals surface area contributed by atoms with E-state index in [0.717, 1.165) is 0 Å². The number of aliphatic hydroxyl groups excluding tert-OH is 1. The molecule has 0 bridgehead atoms. The molecule has 1 aromatic rings. The number of hydrogen-bond acceptors (Lipinski definition) is 7. The molecule has 0 aliphatic heterocycles. The van der Waals surface area contributed by atoms with Gasteiger partial charge in [-0.2, -0.15) is 0 Å². The van der Waals surface area contributed by atoms with Gasteiger partial charge in [-0.1, -0.05) is 5.16 Å². The summed E-state index contributed by atoms with van der Waals surface area (Å²) in [6, 6.07) is 2.68. The van der Waals surface area contributed by atoms with Crippen LogP contribution in [-0.4, -0.2) is 45.8 Å². The molecule has 0 saturated carbocycles. The fourth-order valence-corrected chi connectivity index (χ4v) is 1.56. The Labute approximate surface area is 109 Å². The predicted molar refractivity (Wildman–Crippen MR) is 68.4 cm³/mol. The Hall–Kier alpha value is -2.42. The lowest BCUT2D eigenvalue weighted by molar-refractivity contribution is -0.385. The van der Waals surface area contributed by atoms with Crippen LogP contribution in [0.1, 0.15) is 12.6 Å². The average molecular weight is 269 g/mol. The topological polar surface area (TPSA) is 138 Å². The molecule has 0 fully saturated rings. The van der Waals surface area contributed by atoms with Gasteiger partial charge in [0, 0.05) is 19.2 Å². The smallest absolute Gasteiger partial charge is 0.298 e. The SMILES string of the molecule is CCN(CCO)c1ccc([N+](=O)[O-])c(/C(N)=N/O)n1. The molecule has 0 aromatic carbocycles. The predicted octanol–water partition coefficient (Wildman–Crippen LogP) is -0.0971. The monoisotopic (exact) mass is 269 g/mol. The molecule has 1 aromatic heterocycles. The molecule has 0 amide bonds. The van der Waals surface area contributed by atoms with Crippen molar-refractivity contribution in [3.05, 3.63) is 27.9 Å². The van der Waals surface area contributed by atoms with Crippen LogP contribution in [0.5, 0.6) is 0 Å². The van der Waals surface area contributed by atoms with Crippen molar-refractivity contribution in [3.63, 3.8) is 0 Å². The van der Waals surface area contributed by atoms with Crippen LogP contribution < -0.4 is 10.6 Å². The molecule has 1 rings (SSSR count). The number of amidine groups is 1. The molecule has 0 unspecified atom stereocenters. The van der Waals surface area contributed by atoms with E-state index in [1.807, 2.05) is 6.92 Å². The highest BCUT2D eigenvalue weighted by Crippen LogP contribution is 2.21. The lowest BCUT2D eigenvalue weighted by Gasteiger charge is -2.20. The Kier molecular flexibility index (Phi) is 5.01. The maximum absolute atomic E-state index is 10.8. The molecule has 4 N–H and O–H groups in total. The first-order chi connectivity index (χ1) is 9.04. The van der Waals surface area contributed by atoms with Gasteiger partial charge in [-0.25, -0.2) is 4.98 Å². The van der Waals surface area contributed by atoms with Crippen LogP contribution in [-0.2, 0) is 0 Å². The minimum absolute atomic E-state index is 0.0780. The second-order valence-electron chi connectivity index (χ2n) is 3.58. The second-order valence-corrected chi connectivity index (χ2v) is 3.58. The van der Waals surface area contributed by atoms with Crippen molar-refractivity contribution in [3.8, 4) is 0 Å². The number of hydrogen-bond donors (Lipinski definition) is 3. The number of nitrogens with zero attached hydrogens (tertiary/aromatic N) is 4. The van der Waals surface area contributed by atoms with Gasteiger partial charge in [0.1, 0.15) is 5.82 Å². The molecular weight excluding hydrogens is 254 g/mol. The van der Waals surface area contributed by atoms with E-state index in [0.29, 0.717) is 18.9 Å². The molecule has 0 aliphatic carbocycles. The van der Waals surface area contributed by atoms with E-state index in [1.165, 1.54) is 12.1 Å². The summed E-state index contributed by atoms with van der Waals surface area (Å²) in [7, 11) is 0. The fraction of sp³-hybridized carbons (Fsp3) is 0.400. The van der Waals surface area contributed by atoms with Gasteiger partial charge in [0.15, 0.2) is 11.5 Å². The van der Waals surface area contributed by atoms with Gasteiger partial charge in [0.2, 0.25) is 0 Å². The van der Waals surface area contributed by atoms with Crippen molar-refractivity contribution in [2.45, 2.75) is 6.92 Å². The van der Waals surface area contributed by atoms with Gasteiger partial charge in [0.05, 0.1) is 11.5 Å². The zero-order chi connectivity index (χ0) is 14.4. The Balaban J connectivity index is 3.28. The number of aliphatic hydroxyl groups is 1. The summed E-state index contributed by atoms with van der Waals surface area (Å²) in [5.74, 6) is -0.0302. The first kappa shape index (κ1) is 14.6. The number of nitrogens with two attached hydrogens (primary N) is 1. The van der Waals surface area contributed by atoms with Crippen molar-refractivity contribution in [2.75, 3.05) is 24.6 Å². The van der Waals surface area contributed by atoms with Crippen LogP contribution in [0, 0.1) is 10.1 Å². The highest BCUT2D eigenvalue weighted by atomic mass is 16.6. The normalized spacial score (nSPS) is 11.4. The highest BCUT2D eigenvalue weighted by molar-refractivity contribution is 5.99. The van der Waals surface area contributed by atoms with Gasteiger partial charge in [-0.3, -0.25) is 10.1 Å². The molecule has 0 atom stereocenters. The average Bonchev–Trinajstić information content (AvgIpc) is 2.43. The molecule has 9 heteroatoms.